The number of hydrogen-bond donors (Lipinski definition) is 2. The number of hydrogen-bond acceptors (Lipinski definition) is 3. The van der Waals surface area contributed by atoms with Crippen molar-refractivity contribution >= 4 is 23.6 Å². The van der Waals surface area contributed by atoms with E-state index in [1.165, 1.54) is 5.56 Å². The van der Waals surface area contributed by atoms with Crippen LogP contribution in [0.3, 0.4) is 0 Å². The second-order valence-electron chi connectivity index (χ2n) is 4.94. The molecule has 1 aliphatic rings. The average Bonchev–Trinajstić information content (AvgIpc) is 2.65. The van der Waals surface area contributed by atoms with E-state index in [1.807, 2.05) is 30.5 Å². The summed E-state index contributed by atoms with van der Waals surface area (Å²) in [5.74, 6) is 0.685. The number of carbonyl (C=O) groups excluding carboxylic acids is 2. The lowest BCUT2D eigenvalue weighted by molar-refractivity contribution is -0.122. The van der Waals surface area contributed by atoms with Crippen molar-refractivity contribution in [3.05, 3.63) is 35.4 Å². The first-order valence-corrected chi connectivity index (χ1v) is 8.26. The minimum absolute atomic E-state index is 0.0742. The van der Waals surface area contributed by atoms with Crippen LogP contribution in [-0.4, -0.2) is 30.7 Å². The molecule has 5 heteroatoms. The molecule has 0 aliphatic carbocycles. The number of amides is 2. The lowest BCUT2D eigenvalue weighted by Crippen LogP contribution is -2.45. The second-order valence-corrected chi connectivity index (χ2v) is 5.81. The maximum Gasteiger partial charge on any atom is 0.251 e. The fourth-order valence-corrected chi connectivity index (χ4v) is 2.76. The zero-order valence-corrected chi connectivity index (χ0v) is 12.5. The summed E-state index contributed by atoms with van der Waals surface area (Å²) in [6.07, 6.45) is 4.69. The molecular formula is C15H20N2O2S. The van der Waals surface area contributed by atoms with Crippen molar-refractivity contribution < 1.29 is 9.59 Å². The van der Waals surface area contributed by atoms with E-state index >= 15 is 0 Å². The van der Waals surface area contributed by atoms with Crippen LogP contribution >= 0.6 is 11.8 Å². The van der Waals surface area contributed by atoms with Gasteiger partial charge in [0.25, 0.3) is 5.91 Å². The summed E-state index contributed by atoms with van der Waals surface area (Å²) >= 11 is 1.75. The van der Waals surface area contributed by atoms with Crippen LogP contribution < -0.4 is 10.6 Å². The van der Waals surface area contributed by atoms with Crippen molar-refractivity contribution in [3.8, 4) is 0 Å². The van der Waals surface area contributed by atoms with Crippen molar-refractivity contribution in [3.63, 3.8) is 0 Å². The van der Waals surface area contributed by atoms with Gasteiger partial charge in [-0.05, 0) is 43.2 Å². The van der Waals surface area contributed by atoms with E-state index in [4.69, 9.17) is 0 Å². The third kappa shape index (κ3) is 4.00. The van der Waals surface area contributed by atoms with Crippen molar-refractivity contribution in [1.29, 1.82) is 0 Å². The van der Waals surface area contributed by atoms with E-state index in [-0.39, 0.29) is 11.8 Å². The number of nitrogens with one attached hydrogen (secondary N) is 2. The average molecular weight is 292 g/mol. The van der Waals surface area contributed by atoms with Crippen LogP contribution in [0, 0.1) is 0 Å². The molecule has 1 atom stereocenters. The molecule has 2 amide bonds. The van der Waals surface area contributed by atoms with Gasteiger partial charge in [0.2, 0.25) is 5.91 Å². The van der Waals surface area contributed by atoms with E-state index in [1.54, 1.807) is 11.8 Å². The minimum atomic E-state index is -0.407. The smallest absolute Gasteiger partial charge is 0.251 e. The summed E-state index contributed by atoms with van der Waals surface area (Å²) in [5.41, 5.74) is 1.80. The second kappa shape index (κ2) is 7.33. The van der Waals surface area contributed by atoms with Gasteiger partial charge in [-0.2, -0.15) is 11.8 Å². The summed E-state index contributed by atoms with van der Waals surface area (Å²) in [7, 11) is 0. The summed E-state index contributed by atoms with van der Waals surface area (Å²) in [6, 6.07) is 7.14. The molecule has 1 saturated heterocycles. The third-order valence-corrected chi connectivity index (χ3v) is 3.99. The predicted molar refractivity (Wildman–Crippen MR) is 81.8 cm³/mol. The Morgan fingerprint density at radius 1 is 1.35 bits per heavy atom. The van der Waals surface area contributed by atoms with Gasteiger partial charge in [-0.3, -0.25) is 9.59 Å². The fraction of sp³-hybridized carbons (Fsp3) is 0.467. The molecule has 0 aromatic heterocycles. The lowest BCUT2D eigenvalue weighted by atomic mass is 10.1. The highest BCUT2D eigenvalue weighted by Gasteiger charge is 2.22. The first kappa shape index (κ1) is 14.9. The number of benzene rings is 1. The largest absolute Gasteiger partial charge is 0.354 e. The molecule has 1 heterocycles. The molecule has 2 N–H and O–H groups in total. The molecule has 1 aromatic carbocycles. The van der Waals surface area contributed by atoms with Crippen LogP contribution in [0.1, 0.15) is 35.2 Å². The van der Waals surface area contributed by atoms with Crippen LogP contribution in [0.5, 0.6) is 0 Å². The van der Waals surface area contributed by atoms with Crippen LogP contribution in [0.2, 0.25) is 0 Å². The molecule has 0 radical (unpaired) electrons. The van der Waals surface area contributed by atoms with E-state index in [0.29, 0.717) is 18.5 Å². The first-order valence-electron chi connectivity index (χ1n) is 6.87. The minimum Gasteiger partial charge on any atom is -0.354 e. The molecule has 4 nitrogen and oxygen atoms in total. The van der Waals surface area contributed by atoms with Crippen molar-refractivity contribution in [2.45, 2.75) is 31.1 Å². The normalized spacial score (nSPS) is 19.1. The van der Waals surface area contributed by atoms with Crippen molar-refractivity contribution in [2.24, 2.45) is 0 Å². The van der Waals surface area contributed by atoms with E-state index in [9.17, 15) is 9.59 Å². The zero-order valence-electron chi connectivity index (χ0n) is 11.6. The van der Waals surface area contributed by atoms with Crippen molar-refractivity contribution in [1.82, 2.24) is 10.6 Å². The Bertz CT molecular complexity index is 473. The Balaban J connectivity index is 1.98. The molecule has 1 aromatic rings. The quantitative estimate of drug-likeness (QED) is 0.892. The van der Waals surface area contributed by atoms with Gasteiger partial charge in [0.05, 0.1) is 0 Å². The van der Waals surface area contributed by atoms with Gasteiger partial charge in [0.15, 0.2) is 0 Å². The Kier molecular flexibility index (Phi) is 5.47. The molecule has 108 valence electrons. The van der Waals surface area contributed by atoms with Crippen LogP contribution in [-0.2, 0) is 10.5 Å². The number of thioether (sulfide) groups is 1. The Labute approximate surface area is 123 Å². The van der Waals surface area contributed by atoms with Gasteiger partial charge < -0.3 is 10.6 Å². The molecule has 1 fully saturated rings. The zero-order chi connectivity index (χ0) is 14.4. The monoisotopic (exact) mass is 292 g/mol. The number of carbonyl (C=O) groups is 2. The van der Waals surface area contributed by atoms with E-state index in [0.717, 1.165) is 18.6 Å². The highest BCUT2D eigenvalue weighted by Crippen LogP contribution is 2.11. The van der Waals surface area contributed by atoms with Gasteiger partial charge in [0, 0.05) is 17.9 Å². The highest BCUT2D eigenvalue weighted by molar-refractivity contribution is 7.97. The van der Waals surface area contributed by atoms with Crippen LogP contribution in [0.4, 0.5) is 0 Å². The van der Waals surface area contributed by atoms with Gasteiger partial charge in [-0.15, -0.1) is 0 Å². The van der Waals surface area contributed by atoms with E-state index < -0.39 is 6.04 Å². The van der Waals surface area contributed by atoms with Gasteiger partial charge in [-0.1, -0.05) is 12.1 Å². The maximum absolute atomic E-state index is 12.1. The molecule has 0 saturated carbocycles. The van der Waals surface area contributed by atoms with Crippen molar-refractivity contribution in [2.75, 3.05) is 12.8 Å². The summed E-state index contributed by atoms with van der Waals surface area (Å²) in [4.78, 5) is 23.9. The Morgan fingerprint density at radius 2 is 2.10 bits per heavy atom. The van der Waals surface area contributed by atoms with Crippen LogP contribution in [0.15, 0.2) is 24.3 Å². The molecule has 20 heavy (non-hydrogen) atoms. The SMILES string of the molecule is CSCc1ccc(C(=O)NC2CCCCNC2=O)cc1. The highest BCUT2D eigenvalue weighted by atomic mass is 32.2. The van der Waals surface area contributed by atoms with Gasteiger partial charge >= 0.3 is 0 Å². The van der Waals surface area contributed by atoms with Gasteiger partial charge in [0.1, 0.15) is 6.04 Å². The third-order valence-electron chi connectivity index (χ3n) is 3.37. The summed E-state index contributed by atoms with van der Waals surface area (Å²) in [5, 5.41) is 5.64. The molecule has 0 spiro atoms. The molecule has 1 aliphatic heterocycles. The topological polar surface area (TPSA) is 58.2 Å². The molecule has 1 unspecified atom stereocenters. The molecule has 2 rings (SSSR count). The summed E-state index contributed by atoms with van der Waals surface area (Å²) in [6.45, 7) is 0.703. The summed E-state index contributed by atoms with van der Waals surface area (Å²) < 4.78 is 0. The number of rotatable bonds is 4. The Morgan fingerprint density at radius 3 is 2.80 bits per heavy atom. The fourth-order valence-electron chi connectivity index (χ4n) is 2.24. The lowest BCUT2D eigenvalue weighted by Gasteiger charge is -2.15. The maximum atomic E-state index is 12.1. The Hall–Kier alpha value is -1.49. The predicted octanol–water partition coefficient (Wildman–Crippen LogP) is 1.95. The first-order chi connectivity index (χ1) is 9.70. The molecule has 0 bridgehead atoms. The standard InChI is InChI=1S/C15H20N2O2S/c1-20-10-11-5-7-12(8-6-11)14(18)17-13-4-2-3-9-16-15(13)19/h5-8,13H,2-4,9-10H2,1H3,(H,16,19)(H,17,18). The van der Waals surface area contributed by atoms with E-state index in [2.05, 4.69) is 10.6 Å². The van der Waals surface area contributed by atoms with Crippen LogP contribution in [0.25, 0.3) is 0 Å². The molecular weight excluding hydrogens is 272 g/mol. The van der Waals surface area contributed by atoms with Gasteiger partial charge in [-0.25, -0.2) is 0 Å².